The van der Waals surface area contributed by atoms with Gasteiger partial charge in [0.05, 0.1) is 0 Å². The van der Waals surface area contributed by atoms with Crippen LogP contribution in [0.15, 0.2) is 6.07 Å². The molecule has 0 spiro atoms. The van der Waals surface area contributed by atoms with Crippen molar-refractivity contribution in [3.05, 3.63) is 21.4 Å². The maximum Gasteiger partial charge on any atom is 0.0299 e. The van der Waals surface area contributed by atoms with Gasteiger partial charge in [0.1, 0.15) is 0 Å². The van der Waals surface area contributed by atoms with E-state index in [9.17, 15) is 0 Å². The Labute approximate surface area is 122 Å². The van der Waals surface area contributed by atoms with E-state index in [4.69, 9.17) is 0 Å². The van der Waals surface area contributed by atoms with E-state index in [2.05, 4.69) is 37.2 Å². The Hall–Kier alpha value is -0.380. The molecule has 1 heterocycles. The molecule has 0 saturated heterocycles. The molecule has 1 aliphatic rings. The highest BCUT2D eigenvalue weighted by atomic mass is 32.1. The molecular weight excluding hydrogens is 252 g/mol. The number of aryl methyl sites for hydroxylation is 1. The Balaban J connectivity index is 1.81. The van der Waals surface area contributed by atoms with E-state index >= 15 is 0 Å². The molecule has 1 saturated carbocycles. The van der Waals surface area contributed by atoms with E-state index in [-0.39, 0.29) is 0 Å². The molecule has 2 rings (SSSR count). The van der Waals surface area contributed by atoms with Crippen molar-refractivity contribution in [1.82, 2.24) is 10.2 Å². The first-order chi connectivity index (χ1) is 9.19. The molecule has 3 heteroatoms. The zero-order chi connectivity index (χ0) is 13.7. The summed E-state index contributed by atoms with van der Waals surface area (Å²) in [7, 11) is 2.27. The van der Waals surface area contributed by atoms with Gasteiger partial charge in [-0.05, 0) is 57.3 Å². The third kappa shape index (κ3) is 4.59. The first-order valence-corrected chi connectivity index (χ1v) is 8.48. The zero-order valence-corrected chi connectivity index (χ0v) is 13.5. The maximum absolute atomic E-state index is 3.49. The van der Waals surface area contributed by atoms with Crippen molar-refractivity contribution in [2.24, 2.45) is 5.92 Å². The summed E-state index contributed by atoms with van der Waals surface area (Å²) in [5.74, 6) is 0.967. The van der Waals surface area contributed by atoms with Crippen LogP contribution in [0.25, 0.3) is 0 Å². The Morgan fingerprint density at radius 1 is 1.42 bits per heavy atom. The van der Waals surface area contributed by atoms with Crippen LogP contribution in [0.1, 0.15) is 47.9 Å². The summed E-state index contributed by atoms with van der Waals surface area (Å²) in [6, 6.07) is 2.40. The predicted octanol–water partition coefficient (Wildman–Crippen LogP) is 3.79. The molecule has 0 aliphatic heterocycles. The summed E-state index contributed by atoms with van der Waals surface area (Å²) in [4.78, 5) is 5.48. The smallest absolute Gasteiger partial charge is 0.0299 e. The van der Waals surface area contributed by atoms with Crippen LogP contribution < -0.4 is 5.32 Å². The lowest BCUT2D eigenvalue weighted by Gasteiger charge is -2.30. The zero-order valence-electron chi connectivity index (χ0n) is 12.7. The topological polar surface area (TPSA) is 15.3 Å². The highest BCUT2D eigenvalue weighted by Crippen LogP contribution is 2.28. The summed E-state index contributed by atoms with van der Waals surface area (Å²) in [5, 5.41) is 3.49. The molecule has 2 nitrogen and oxygen atoms in total. The van der Waals surface area contributed by atoms with E-state index in [1.54, 1.807) is 0 Å². The number of hydrogen-bond donors (Lipinski definition) is 1. The second-order valence-electron chi connectivity index (χ2n) is 5.96. The van der Waals surface area contributed by atoms with Crippen LogP contribution in [0, 0.1) is 12.8 Å². The van der Waals surface area contributed by atoms with Crippen LogP contribution >= 0.6 is 11.3 Å². The average molecular weight is 280 g/mol. The molecule has 1 aromatic rings. The molecule has 0 aromatic carbocycles. The van der Waals surface area contributed by atoms with Gasteiger partial charge in [0, 0.05) is 29.4 Å². The van der Waals surface area contributed by atoms with Crippen molar-refractivity contribution >= 4 is 11.3 Å². The molecular formula is C16H28N2S. The fourth-order valence-electron chi connectivity index (χ4n) is 2.69. The van der Waals surface area contributed by atoms with Crippen LogP contribution in [0.3, 0.4) is 0 Å². The third-order valence-electron chi connectivity index (χ3n) is 4.03. The largest absolute Gasteiger partial charge is 0.312 e. The SMILES string of the molecule is CCCNCc1cc(CN(C)CC2CCC2)c(C)s1. The van der Waals surface area contributed by atoms with Crippen LogP contribution in [-0.4, -0.2) is 25.0 Å². The van der Waals surface area contributed by atoms with Crippen molar-refractivity contribution in [3.8, 4) is 0 Å². The van der Waals surface area contributed by atoms with Gasteiger partial charge >= 0.3 is 0 Å². The van der Waals surface area contributed by atoms with Crippen molar-refractivity contribution in [2.45, 2.75) is 52.6 Å². The molecule has 0 bridgehead atoms. The molecule has 1 aliphatic carbocycles. The fourth-order valence-corrected chi connectivity index (χ4v) is 3.71. The van der Waals surface area contributed by atoms with Gasteiger partial charge in [-0.25, -0.2) is 0 Å². The van der Waals surface area contributed by atoms with Gasteiger partial charge in [-0.15, -0.1) is 11.3 Å². The minimum Gasteiger partial charge on any atom is -0.312 e. The van der Waals surface area contributed by atoms with Crippen LogP contribution in [0.4, 0.5) is 0 Å². The third-order valence-corrected chi connectivity index (χ3v) is 5.13. The van der Waals surface area contributed by atoms with Crippen LogP contribution in [0.5, 0.6) is 0 Å². The number of nitrogens with zero attached hydrogens (tertiary/aromatic N) is 1. The normalized spacial score (nSPS) is 16.0. The fraction of sp³-hybridized carbons (Fsp3) is 0.750. The molecule has 1 fully saturated rings. The molecule has 108 valence electrons. The number of rotatable bonds is 8. The molecule has 1 N–H and O–H groups in total. The summed E-state index contributed by atoms with van der Waals surface area (Å²) < 4.78 is 0. The molecule has 19 heavy (non-hydrogen) atoms. The van der Waals surface area contributed by atoms with Crippen molar-refractivity contribution in [1.29, 1.82) is 0 Å². The summed E-state index contributed by atoms with van der Waals surface area (Å²) in [5.41, 5.74) is 1.53. The van der Waals surface area contributed by atoms with E-state index in [1.807, 2.05) is 11.3 Å². The average Bonchev–Trinajstić information content (AvgIpc) is 2.65. The van der Waals surface area contributed by atoms with E-state index in [0.29, 0.717) is 0 Å². The van der Waals surface area contributed by atoms with Gasteiger partial charge in [-0.2, -0.15) is 0 Å². The lowest BCUT2D eigenvalue weighted by Crippen LogP contribution is -2.29. The number of nitrogens with one attached hydrogen (secondary N) is 1. The highest BCUT2D eigenvalue weighted by molar-refractivity contribution is 7.12. The Bertz CT molecular complexity index is 382. The van der Waals surface area contributed by atoms with E-state index in [0.717, 1.165) is 25.6 Å². The lowest BCUT2D eigenvalue weighted by molar-refractivity contribution is 0.200. The number of thiophene rings is 1. The van der Waals surface area contributed by atoms with Gasteiger partial charge in [0.15, 0.2) is 0 Å². The molecule has 0 radical (unpaired) electrons. The van der Waals surface area contributed by atoms with Gasteiger partial charge in [0.2, 0.25) is 0 Å². The predicted molar refractivity (Wildman–Crippen MR) is 84.7 cm³/mol. The van der Waals surface area contributed by atoms with Crippen LogP contribution in [0.2, 0.25) is 0 Å². The standard InChI is InChI=1S/C16H28N2S/c1-4-8-17-10-16-9-15(13(2)19-16)12-18(3)11-14-6-5-7-14/h9,14,17H,4-8,10-12H2,1-3H3. The quantitative estimate of drug-likeness (QED) is 0.729. The van der Waals surface area contributed by atoms with Gasteiger partial charge in [-0.1, -0.05) is 13.3 Å². The molecule has 0 atom stereocenters. The summed E-state index contributed by atoms with van der Waals surface area (Å²) in [6.07, 6.45) is 5.54. The molecule has 1 aromatic heterocycles. The van der Waals surface area contributed by atoms with Crippen molar-refractivity contribution in [3.63, 3.8) is 0 Å². The minimum absolute atomic E-state index is 0.967. The Kier molecular flexibility index (Phi) is 5.86. The van der Waals surface area contributed by atoms with Crippen molar-refractivity contribution < 1.29 is 0 Å². The first-order valence-electron chi connectivity index (χ1n) is 7.66. The Morgan fingerprint density at radius 2 is 2.21 bits per heavy atom. The van der Waals surface area contributed by atoms with E-state index < -0.39 is 0 Å². The molecule has 0 amide bonds. The van der Waals surface area contributed by atoms with Gasteiger partial charge in [0.25, 0.3) is 0 Å². The lowest BCUT2D eigenvalue weighted by atomic mass is 9.85. The maximum atomic E-state index is 3.49. The second-order valence-corrected chi connectivity index (χ2v) is 7.31. The van der Waals surface area contributed by atoms with Crippen molar-refractivity contribution in [2.75, 3.05) is 20.1 Å². The second kappa shape index (κ2) is 7.41. The highest BCUT2D eigenvalue weighted by Gasteiger charge is 2.19. The minimum atomic E-state index is 0.967. The van der Waals surface area contributed by atoms with Gasteiger partial charge in [-0.3, -0.25) is 0 Å². The summed E-state index contributed by atoms with van der Waals surface area (Å²) >= 11 is 1.96. The molecule has 0 unspecified atom stereocenters. The van der Waals surface area contributed by atoms with Crippen LogP contribution in [-0.2, 0) is 13.1 Å². The monoisotopic (exact) mass is 280 g/mol. The first kappa shape index (κ1) is 15.0. The number of hydrogen-bond acceptors (Lipinski definition) is 3. The van der Waals surface area contributed by atoms with Gasteiger partial charge < -0.3 is 10.2 Å². The summed E-state index contributed by atoms with van der Waals surface area (Å²) in [6.45, 7) is 9.03. The Morgan fingerprint density at radius 3 is 2.84 bits per heavy atom. The van der Waals surface area contributed by atoms with E-state index in [1.165, 1.54) is 47.5 Å².